The van der Waals surface area contributed by atoms with E-state index in [1.54, 1.807) is 0 Å². The molecule has 0 fully saturated rings. The molecule has 0 amide bonds. The zero-order chi connectivity index (χ0) is 9.90. The molecule has 0 saturated heterocycles. The molecule has 2 N–H and O–H groups in total. The molecule has 0 aliphatic heterocycles. The van der Waals surface area contributed by atoms with E-state index in [0.29, 0.717) is 18.8 Å². The van der Waals surface area contributed by atoms with Crippen LogP contribution in [0.5, 0.6) is 0 Å². The van der Waals surface area contributed by atoms with Gasteiger partial charge in [-0.2, -0.15) is 18.3 Å². The lowest BCUT2D eigenvalue weighted by Crippen LogP contribution is -2.18. The summed E-state index contributed by atoms with van der Waals surface area (Å²) in [6.45, 7) is -0.777. The molecule has 0 radical (unpaired) electrons. The van der Waals surface area contributed by atoms with Crippen molar-refractivity contribution >= 4 is 0 Å². The van der Waals surface area contributed by atoms with Crippen molar-refractivity contribution in [1.29, 1.82) is 0 Å². The zero-order valence-electron chi connectivity index (χ0n) is 6.75. The van der Waals surface area contributed by atoms with E-state index in [9.17, 15) is 13.2 Å². The van der Waals surface area contributed by atoms with Gasteiger partial charge < -0.3 is 5.73 Å². The van der Waals surface area contributed by atoms with Crippen LogP contribution in [0.4, 0.5) is 13.2 Å². The summed E-state index contributed by atoms with van der Waals surface area (Å²) in [5.74, 6) is 0.340. The van der Waals surface area contributed by atoms with Crippen molar-refractivity contribution in [3.05, 3.63) is 12.2 Å². The molecule has 13 heavy (non-hydrogen) atoms. The van der Waals surface area contributed by atoms with Crippen LogP contribution in [0.2, 0.25) is 0 Å². The minimum atomic E-state index is -4.26. The minimum Gasteiger partial charge on any atom is -0.330 e. The van der Waals surface area contributed by atoms with Gasteiger partial charge in [0.05, 0.1) is 0 Å². The highest BCUT2D eigenvalue weighted by molar-refractivity contribution is 4.82. The van der Waals surface area contributed by atoms with Gasteiger partial charge in [0.15, 0.2) is 5.82 Å². The number of nitrogens with two attached hydrogens (primary N) is 1. The van der Waals surface area contributed by atoms with Gasteiger partial charge in [-0.3, -0.25) is 0 Å². The maximum Gasteiger partial charge on any atom is 0.408 e. The summed E-state index contributed by atoms with van der Waals surface area (Å²) in [5.41, 5.74) is 5.19. The molecular formula is C6H9F3N4. The number of hydrogen-bond acceptors (Lipinski definition) is 3. The van der Waals surface area contributed by atoms with Crippen LogP contribution in [0, 0.1) is 0 Å². The largest absolute Gasteiger partial charge is 0.408 e. The summed E-state index contributed by atoms with van der Waals surface area (Å²) in [6, 6.07) is 0. The zero-order valence-corrected chi connectivity index (χ0v) is 6.75. The van der Waals surface area contributed by atoms with Crippen LogP contribution in [0.1, 0.15) is 5.82 Å². The van der Waals surface area contributed by atoms with Crippen molar-refractivity contribution in [2.45, 2.75) is 19.1 Å². The number of hydrogen-bond donors (Lipinski definition) is 1. The molecule has 0 unspecified atom stereocenters. The Morgan fingerprint density at radius 2 is 2.15 bits per heavy atom. The van der Waals surface area contributed by atoms with E-state index < -0.39 is 12.7 Å². The van der Waals surface area contributed by atoms with Gasteiger partial charge in [-0.05, 0) is 6.54 Å². The molecule has 0 saturated carbocycles. The third-order valence-corrected chi connectivity index (χ3v) is 1.29. The summed E-state index contributed by atoms with van der Waals surface area (Å²) < 4.78 is 36.2. The van der Waals surface area contributed by atoms with E-state index in [2.05, 4.69) is 10.1 Å². The molecule has 0 aliphatic rings. The standard InChI is InChI=1S/C6H9F3N4/c7-6(8,9)3-13-4-11-5(12-13)1-2-10/h4H,1-3,10H2. The molecule has 74 valence electrons. The van der Waals surface area contributed by atoms with Crippen LogP contribution in [0.3, 0.4) is 0 Å². The van der Waals surface area contributed by atoms with Gasteiger partial charge in [-0.25, -0.2) is 9.67 Å². The molecule has 0 aliphatic carbocycles. The Bertz CT molecular complexity index is 267. The maximum atomic E-state index is 11.8. The van der Waals surface area contributed by atoms with Crippen LogP contribution in [-0.4, -0.2) is 27.5 Å². The van der Waals surface area contributed by atoms with Crippen molar-refractivity contribution in [3.8, 4) is 0 Å². The number of halogens is 3. The molecule has 0 spiro atoms. The molecule has 7 heteroatoms. The predicted octanol–water partition coefficient (Wildman–Crippen LogP) is 0.342. The van der Waals surface area contributed by atoms with Crippen LogP contribution in [0.25, 0.3) is 0 Å². The molecule has 1 aromatic rings. The Kier molecular flexibility index (Phi) is 2.86. The summed E-state index contributed by atoms with van der Waals surface area (Å²) in [5, 5.41) is 3.59. The second-order valence-corrected chi connectivity index (χ2v) is 2.51. The Balaban J connectivity index is 2.59. The molecule has 1 rings (SSSR count). The van der Waals surface area contributed by atoms with Gasteiger partial charge in [0.25, 0.3) is 0 Å². The van der Waals surface area contributed by atoms with Crippen LogP contribution < -0.4 is 5.73 Å². The SMILES string of the molecule is NCCc1ncn(CC(F)(F)F)n1. The Labute approximate surface area is 72.6 Å². The summed E-state index contributed by atoms with van der Waals surface area (Å²) in [4.78, 5) is 3.66. The smallest absolute Gasteiger partial charge is 0.330 e. The average Bonchev–Trinajstić information content (AvgIpc) is 2.33. The molecule has 1 aromatic heterocycles. The topological polar surface area (TPSA) is 56.7 Å². The van der Waals surface area contributed by atoms with Crippen LogP contribution in [0.15, 0.2) is 6.33 Å². The number of rotatable bonds is 3. The Morgan fingerprint density at radius 1 is 1.46 bits per heavy atom. The van der Waals surface area contributed by atoms with Crippen molar-refractivity contribution in [3.63, 3.8) is 0 Å². The molecule has 0 aromatic carbocycles. The van der Waals surface area contributed by atoms with E-state index in [1.807, 2.05) is 0 Å². The third kappa shape index (κ3) is 3.41. The first kappa shape index (κ1) is 9.97. The van der Waals surface area contributed by atoms with Crippen LogP contribution >= 0.6 is 0 Å². The first-order valence-corrected chi connectivity index (χ1v) is 3.66. The Morgan fingerprint density at radius 3 is 2.69 bits per heavy atom. The summed E-state index contributed by atoms with van der Waals surface area (Å²) in [6.07, 6.45) is -2.81. The lowest BCUT2D eigenvalue weighted by atomic mass is 10.4. The number of alkyl halides is 3. The van der Waals surface area contributed by atoms with E-state index in [0.717, 1.165) is 11.0 Å². The van der Waals surface area contributed by atoms with E-state index in [-0.39, 0.29) is 0 Å². The van der Waals surface area contributed by atoms with E-state index in [1.165, 1.54) is 0 Å². The highest BCUT2D eigenvalue weighted by atomic mass is 19.4. The van der Waals surface area contributed by atoms with Crippen molar-refractivity contribution in [1.82, 2.24) is 14.8 Å². The van der Waals surface area contributed by atoms with Gasteiger partial charge in [-0.1, -0.05) is 0 Å². The lowest BCUT2D eigenvalue weighted by molar-refractivity contribution is -0.142. The normalized spacial score (nSPS) is 12.0. The van der Waals surface area contributed by atoms with Crippen molar-refractivity contribution in [2.75, 3.05) is 6.54 Å². The third-order valence-electron chi connectivity index (χ3n) is 1.29. The fraction of sp³-hybridized carbons (Fsp3) is 0.667. The Hall–Kier alpha value is -1.11. The average molecular weight is 194 g/mol. The van der Waals surface area contributed by atoms with Gasteiger partial charge >= 0.3 is 6.18 Å². The van der Waals surface area contributed by atoms with Crippen LogP contribution in [-0.2, 0) is 13.0 Å². The predicted molar refractivity (Wildman–Crippen MR) is 38.8 cm³/mol. The first-order chi connectivity index (χ1) is 6.01. The van der Waals surface area contributed by atoms with E-state index in [4.69, 9.17) is 5.73 Å². The molecule has 0 bridgehead atoms. The van der Waals surface area contributed by atoms with Gasteiger partial charge in [-0.15, -0.1) is 0 Å². The summed E-state index contributed by atoms with van der Waals surface area (Å²) in [7, 11) is 0. The van der Waals surface area contributed by atoms with Crippen molar-refractivity contribution < 1.29 is 13.2 Å². The second kappa shape index (κ2) is 3.73. The minimum absolute atomic E-state index is 0.329. The molecule has 0 atom stereocenters. The van der Waals surface area contributed by atoms with Gasteiger partial charge in [0.1, 0.15) is 12.9 Å². The number of nitrogens with zero attached hydrogens (tertiary/aromatic N) is 3. The molecule has 4 nitrogen and oxygen atoms in total. The fourth-order valence-electron chi connectivity index (χ4n) is 0.837. The number of aromatic nitrogens is 3. The lowest BCUT2D eigenvalue weighted by Gasteiger charge is -2.04. The fourth-order valence-corrected chi connectivity index (χ4v) is 0.837. The quantitative estimate of drug-likeness (QED) is 0.754. The van der Waals surface area contributed by atoms with Gasteiger partial charge in [0, 0.05) is 6.42 Å². The first-order valence-electron chi connectivity index (χ1n) is 3.66. The monoisotopic (exact) mass is 194 g/mol. The highest BCUT2D eigenvalue weighted by Gasteiger charge is 2.28. The van der Waals surface area contributed by atoms with Crippen molar-refractivity contribution in [2.24, 2.45) is 5.73 Å². The molecular weight excluding hydrogens is 185 g/mol. The highest BCUT2D eigenvalue weighted by Crippen LogP contribution is 2.16. The van der Waals surface area contributed by atoms with Gasteiger partial charge in [0.2, 0.25) is 0 Å². The van der Waals surface area contributed by atoms with E-state index >= 15 is 0 Å². The maximum absolute atomic E-state index is 11.8. The molecule has 1 heterocycles. The summed E-state index contributed by atoms with van der Waals surface area (Å²) >= 11 is 0. The second-order valence-electron chi connectivity index (χ2n) is 2.51.